The lowest BCUT2D eigenvalue weighted by Gasteiger charge is -2.44. The van der Waals surface area contributed by atoms with Gasteiger partial charge in [-0.15, -0.1) is 0 Å². The Bertz CT molecular complexity index is 214. The van der Waals surface area contributed by atoms with Crippen molar-refractivity contribution < 1.29 is 0 Å². The lowest BCUT2D eigenvalue weighted by Crippen LogP contribution is -2.48. The maximum absolute atomic E-state index is 2.71. The Kier molecular flexibility index (Phi) is 4.45. The summed E-state index contributed by atoms with van der Waals surface area (Å²) < 4.78 is 0. The average Bonchev–Trinajstić information content (AvgIpc) is 2.39. The fourth-order valence-electron chi connectivity index (χ4n) is 3.06. The highest BCUT2D eigenvalue weighted by atomic mass is 15.2. The van der Waals surface area contributed by atoms with Gasteiger partial charge >= 0.3 is 0 Å². The molecule has 1 aliphatic rings. The molecule has 1 unspecified atom stereocenters. The summed E-state index contributed by atoms with van der Waals surface area (Å²) in [5, 5.41) is 0. The quantitative estimate of drug-likeness (QED) is 0.676. The standard InChI is InChI=1S/C15H31N/c1-7-15(13(2)3)10-8-9-11-16(12-15)14(4,5)6/h13H,7-12H2,1-6H3. The monoisotopic (exact) mass is 225 g/mol. The van der Waals surface area contributed by atoms with E-state index in [0.29, 0.717) is 11.0 Å². The maximum Gasteiger partial charge on any atom is 0.0125 e. The Balaban J connectivity index is 2.86. The van der Waals surface area contributed by atoms with E-state index in [4.69, 9.17) is 0 Å². The van der Waals surface area contributed by atoms with E-state index in [-0.39, 0.29) is 0 Å². The summed E-state index contributed by atoms with van der Waals surface area (Å²) in [6.07, 6.45) is 5.55. The zero-order chi connectivity index (χ0) is 12.4. The summed E-state index contributed by atoms with van der Waals surface area (Å²) in [7, 11) is 0. The third-order valence-electron chi connectivity index (χ3n) is 4.74. The van der Waals surface area contributed by atoms with Gasteiger partial charge in [-0.05, 0) is 57.9 Å². The molecular weight excluding hydrogens is 194 g/mol. The smallest absolute Gasteiger partial charge is 0.0125 e. The number of nitrogens with zero attached hydrogens (tertiary/aromatic N) is 1. The minimum atomic E-state index is 0.333. The molecule has 0 amide bonds. The van der Waals surface area contributed by atoms with Gasteiger partial charge in [0.15, 0.2) is 0 Å². The van der Waals surface area contributed by atoms with E-state index in [2.05, 4.69) is 46.4 Å². The molecule has 0 aromatic rings. The first kappa shape index (κ1) is 14.0. The van der Waals surface area contributed by atoms with Crippen LogP contribution in [-0.4, -0.2) is 23.5 Å². The van der Waals surface area contributed by atoms with Crippen molar-refractivity contribution in [3.05, 3.63) is 0 Å². The first-order valence-electron chi connectivity index (χ1n) is 7.07. The first-order valence-corrected chi connectivity index (χ1v) is 7.07. The van der Waals surface area contributed by atoms with E-state index in [1.807, 2.05) is 0 Å². The van der Waals surface area contributed by atoms with Crippen LogP contribution in [0.2, 0.25) is 0 Å². The van der Waals surface area contributed by atoms with Crippen molar-refractivity contribution in [1.82, 2.24) is 4.90 Å². The summed E-state index contributed by atoms with van der Waals surface area (Å²) in [5.41, 5.74) is 0.892. The van der Waals surface area contributed by atoms with Crippen LogP contribution >= 0.6 is 0 Å². The van der Waals surface area contributed by atoms with Crippen LogP contribution in [0.1, 0.15) is 67.2 Å². The van der Waals surface area contributed by atoms with Crippen molar-refractivity contribution in [3.8, 4) is 0 Å². The predicted molar refractivity (Wildman–Crippen MR) is 72.7 cm³/mol. The van der Waals surface area contributed by atoms with Crippen LogP contribution in [0.4, 0.5) is 0 Å². The van der Waals surface area contributed by atoms with Crippen LogP contribution < -0.4 is 0 Å². The van der Waals surface area contributed by atoms with Gasteiger partial charge in [0.1, 0.15) is 0 Å². The summed E-state index contributed by atoms with van der Waals surface area (Å²) in [6.45, 7) is 16.9. The second-order valence-corrected chi connectivity index (χ2v) is 6.92. The van der Waals surface area contributed by atoms with Crippen molar-refractivity contribution in [3.63, 3.8) is 0 Å². The van der Waals surface area contributed by atoms with Crippen LogP contribution in [0, 0.1) is 11.3 Å². The zero-order valence-corrected chi connectivity index (χ0v) is 12.3. The summed E-state index contributed by atoms with van der Waals surface area (Å²) in [5.74, 6) is 0.806. The van der Waals surface area contributed by atoms with Gasteiger partial charge in [-0.3, -0.25) is 4.90 Å². The molecule has 1 atom stereocenters. The number of likely N-dealkylation sites (tertiary alicyclic amines) is 1. The molecule has 96 valence electrons. The van der Waals surface area contributed by atoms with Gasteiger partial charge in [0.2, 0.25) is 0 Å². The molecule has 1 heterocycles. The van der Waals surface area contributed by atoms with Crippen molar-refractivity contribution in [2.24, 2.45) is 11.3 Å². The van der Waals surface area contributed by atoms with Gasteiger partial charge in [-0.25, -0.2) is 0 Å². The number of hydrogen-bond donors (Lipinski definition) is 0. The Hall–Kier alpha value is -0.0400. The highest BCUT2D eigenvalue weighted by Crippen LogP contribution is 2.41. The molecule has 1 nitrogen and oxygen atoms in total. The third-order valence-corrected chi connectivity index (χ3v) is 4.74. The number of rotatable bonds is 2. The van der Waals surface area contributed by atoms with Crippen LogP contribution in [-0.2, 0) is 0 Å². The Morgan fingerprint density at radius 3 is 2.25 bits per heavy atom. The van der Waals surface area contributed by atoms with E-state index in [1.165, 1.54) is 38.8 Å². The molecule has 0 aromatic carbocycles. The van der Waals surface area contributed by atoms with Gasteiger partial charge in [0.25, 0.3) is 0 Å². The topological polar surface area (TPSA) is 3.24 Å². The second-order valence-electron chi connectivity index (χ2n) is 6.92. The first-order chi connectivity index (χ1) is 7.32. The van der Waals surface area contributed by atoms with E-state index < -0.39 is 0 Å². The molecule has 0 aliphatic carbocycles. The SMILES string of the molecule is CCC1(C(C)C)CCCCN(C(C)(C)C)C1. The third kappa shape index (κ3) is 3.00. The minimum absolute atomic E-state index is 0.333. The van der Waals surface area contributed by atoms with Crippen molar-refractivity contribution >= 4 is 0 Å². The van der Waals surface area contributed by atoms with Crippen LogP contribution in [0.15, 0.2) is 0 Å². The summed E-state index contributed by atoms with van der Waals surface area (Å²) in [4.78, 5) is 2.71. The average molecular weight is 225 g/mol. The van der Waals surface area contributed by atoms with E-state index in [1.54, 1.807) is 0 Å². The minimum Gasteiger partial charge on any atom is -0.298 e. The van der Waals surface area contributed by atoms with Crippen LogP contribution in [0.3, 0.4) is 0 Å². The fourth-order valence-corrected chi connectivity index (χ4v) is 3.06. The van der Waals surface area contributed by atoms with Gasteiger partial charge in [0.05, 0.1) is 0 Å². The molecule has 0 aromatic heterocycles. The van der Waals surface area contributed by atoms with Gasteiger partial charge in [0, 0.05) is 12.1 Å². The van der Waals surface area contributed by atoms with Crippen LogP contribution in [0.5, 0.6) is 0 Å². The van der Waals surface area contributed by atoms with Crippen molar-refractivity contribution in [1.29, 1.82) is 0 Å². The van der Waals surface area contributed by atoms with Gasteiger partial charge in [-0.1, -0.05) is 27.2 Å². The molecule has 1 fully saturated rings. The second kappa shape index (κ2) is 5.08. The molecule has 0 saturated carbocycles. The Morgan fingerprint density at radius 1 is 1.19 bits per heavy atom. The molecule has 1 aliphatic heterocycles. The molecular formula is C15H31N. The lowest BCUT2D eigenvalue weighted by atomic mass is 9.71. The van der Waals surface area contributed by atoms with Gasteiger partial charge < -0.3 is 0 Å². The van der Waals surface area contributed by atoms with Crippen molar-refractivity contribution in [2.75, 3.05) is 13.1 Å². The predicted octanol–water partition coefficient (Wildman–Crippen LogP) is 4.32. The molecule has 16 heavy (non-hydrogen) atoms. The molecule has 1 heteroatoms. The van der Waals surface area contributed by atoms with E-state index >= 15 is 0 Å². The van der Waals surface area contributed by atoms with E-state index in [0.717, 1.165) is 5.92 Å². The molecule has 0 bridgehead atoms. The lowest BCUT2D eigenvalue weighted by molar-refractivity contribution is 0.0503. The largest absolute Gasteiger partial charge is 0.298 e. The maximum atomic E-state index is 2.71. The molecule has 1 rings (SSSR count). The molecule has 1 saturated heterocycles. The molecule has 0 N–H and O–H groups in total. The summed E-state index contributed by atoms with van der Waals surface area (Å²) in [6, 6.07) is 0. The summed E-state index contributed by atoms with van der Waals surface area (Å²) >= 11 is 0. The fraction of sp³-hybridized carbons (Fsp3) is 1.00. The van der Waals surface area contributed by atoms with E-state index in [9.17, 15) is 0 Å². The van der Waals surface area contributed by atoms with Gasteiger partial charge in [-0.2, -0.15) is 0 Å². The van der Waals surface area contributed by atoms with Crippen LogP contribution in [0.25, 0.3) is 0 Å². The van der Waals surface area contributed by atoms with Crippen molar-refractivity contribution in [2.45, 2.75) is 72.8 Å². The molecule has 0 radical (unpaired) electrons. The molecule has 0 spiro atoms. The Morgan fingerprint density at radius 2 is 1.81 bits per heavy atom. The Labute approximate surface area is 103 Å². The normalized spacial score (nSPS) is 29.4. The zero-order valence-electron chi connectivity index (χ0n) is 12.3. The number of hydrogen-bond acceptors (Lipinski definition) is 1. The highest BCUT2D eigenvalue weighted by Gasteiger charge is 2.37. The highest BCUT2D eigenvalue weighted by molar-refractivity contribution is 4.90.